The van der Waals surface area contributed by atoms with Crippen molar-refractivity contribution < 1.29 is 19.2 Å². The van der Waals surface area contributed by atoms with Crippen molar-refractivity contribution in [1.82, 2.24) is 5.06 Å². The normalized spacial score (nSPS) is 18.7. The Morgan fingerprint density at radius 3 is 2.53 bits per heavy atom. The van der Waals surface area contributed by atoms with Gasteiger partial charge < -0.3 is 4.84 Å². The van der Waals surface area contributed by atoms with Gasteiger partial charge in [-0.1, -0.05) is 6.08 Å². The fraction of sp³-hybridized carbons (Fsp3) is 0.200. The summed E-state index contributed by atoms with van der Waals surface area (Å²) in [5, 5.41) is 0.517. The van der Waals surface area contributed by atoms with Crippen molar-refractivity contribution in [2.24, 2.45) is 0 Å². The van der Waals surface area contributed by atoms with Crippen molar-refractivity contribution in [3.8, 4) is 0 Å². The molecule has 0 atom stereocenters. The number of nitrogens with zero attached hydrogens (tertiary/aromatic N) is 1. The summed E-state index contributed by atoms with van der Waals surface area (Å²) < 4.78 is 0. The monoisotopic (exact) mass is 205 g/mol. The Morgan fingerprint density at radius 2 is 2.00 bits per heavy atom. The van der Waals surface area contributed by atoms with Crippen molar-refractivity contribution in [3.63, 3.8) is 0 Å². The molecule has 5 heteroatoms. The maximum absolute atomic E-state index is 11.4. The molecule has 0 bridgehead atoms. The highest BCUT2D eigenvalue weighted by Gasteiger charge is 2.33. The lowest BCUT2D eigenvalue weighted by molar-refractivity contribution is -0.194. The molecule has 1 aliphatic carbocycles. The summed E-state index contributed by atoms with van der Waals surface area (Å²) in [6, 6.07) is 0. The second kappa shape index (κ2) is 3.55. The first kappa shape index (κ1) is 9.43. The minimum atomic E-state index is -0.747. The average molecular weight is 205 g/mol. The number of carbonyl (C=O) groups is 3. The Morgan fingerprint density at radius 1 is 1.33 bits per heavy atom. The standard InChI is InChI=1S/C10H7NO4/c12-8-5-6-9(13)11(8)15-10(14)7-3-1-2-4-7/h1-3H,5-6H2. The first-order chi connectivity index (χ1) is 7.18. The van der Waals surface area contributed by atoms with E-state index in [1.54, 1.807) is 12.2 Å². The molecule has 76 valence electrons. The number of rotatable bonds is 2. The molecule has 0 N–H and O–H groups in total. The quantitative estimate of drug-likeness (QED) is 0.478. The fourth-order valence-electron chi connectivity index (χ4n) is 1.25. The number of hydrogen-bond acceptors (Lipinski definition) is 4. The Labute approximate surface area is 85.3 Å². The summed E-state index contributed by atoms with van der Waals surface area (Å²) in [6.45, 7) is 0. The Kier molecular flexibility index (Phi) is 2.23. The number of carbonyl (C=O) groups excluding carboxylic acids is 3. The predicted octanol–water partition coefficient (Wildman–Crippen LogP) is 0.245. The third kappa shape index (κ3) is 1.73. The first-order valence-corrected chi connectivity index (χ1v) is 4.40. The van der Waals surface area contributed by atoms with E-state index >= 15 is 0 Å². The molecule has 0 saturated carbocycles. The second-order valence-corrected chi connectivity index (χ2v) is 3.04. The summed E-state index contributed by atoms with van der Waals surface area (Å²) >= 11 is 0. The van der Waals surface area contributed by atoms with Gasteiger partial charge in [0.1, 0.15) is 5.57 Å². The molecule has 5 nitrogen and oxygen atoms in total. The van der Waals surface area contributed by atoms with Crippen molar-refractivity contribution in [2.45, 2.75) is 12.8 Å². The molecule has 2 amide bonds. The smallest absolute Gasteiger partial charge is 0.324 e. The summed E-state index contributed by atoms with van der Waals surface area (Å²) in [5.41, 5.74) is 2.81. The van der Waals surface area contributed by atoms with Crippen LogP contribution in [0.15, 0.2) is 29.5 Å². The van der Waals surface area contributed by atoms with Crippen LogP contribution in [0.5, 0.6) is 0 Å². The molecule has 0 aromatic carbocycles. The maximum atomic E-state index is 11.4. The third-order valence-corrected chi connectivity index (χ3v) is 2.00. The lowest BCUT2D eigenvalue weighted by Gasteiger charge is -2.11. The zero-order chi connectivity index (χ0) is 10.8. The van der Waals surface area contributed by atoms with Crippen LogP contribution in [-0.4, -0.2) is 22.8 Å². The Balaban J connectivity index is 2.06. The lowest BCUT2D eigenvalue weighted by atomic mass is 10.3. The SMILES string of the molecule is O=C(ON1C(=O)CCC1=O)C1=C=CC=C1. The zero-order valence-electron chi connectivity index (χ0n) is 7.73. The number of imide groups is 1. The van der Waals surface area contributed by atoms with E-state index in [-0.39, 0.29) is 18.4 Å². The van der Waals surface area contributed by atoms with Gasteiger partial charge in [-0.2, -0.15) is 0 Å². The van der Waals surface area contributed by atoms with E-state index in [4.69, 9.17) is 0 Å². The molecule has 2 aliphatic rings. The summed E-state index contributed by atoms with van der Waals surface area (Å²) in [7, 11) is 0. The van der Waals surface area contributed by atoms with Gasteiger partial charge in [-0.3, -0.25) is 9.59 Å². The van der Waals surface area contributed by atoms with Crippen LogP contribution in [0.1, 0.15) is 12.8 Å². The van der Waals surface area contributed by atoms with Gasteiger partial charge in [0.2, 0.25) is 0 Å². The van der Waals surface area contributed by atoms with E-state index < -0.39 is 17.8 Å². The van der Waals surface area contributed by atoms with Crippen molar-refractivity contribution >= 4 is 17.8 Å². The van der Waals surface area contributed by atoms with Gasteiger partial charge in [0.15, 0.2) is 0 Å². The predicted molar refractivity (Wildman–Crippen MR) is 47.9 cm³/mol. The van der Waals surface area contributed by atoms with Gasteiger partial charge in [0, 0.05) is 12.8 Å². The van der Waals surface area contributed by atoms with Gasteiger partial charge in [-0.05, 0) is 12.2 Å². The largest absolute Gasteiger partial charge is 0.371 e. The fourth-order valence-corrected chi connectivity index (χ4v) is 1.25. The highest BCUT2D eigenvalue weighted by atomic mass is 16.7. The van der Waals surface area contributed by atoms with Crippen LogP contribution in [0, 0.1) is 0 Å². The molecular formula is C10H7NO4. The molecule has 2 rings (SSSR count). The highest BCUT2D eigenvalue weighted by molar-refractivity contribution is 6.03. The van der Waals surface area contributed by atoms with E-state index in [2.05, 4.69) is 10.6 Å². The zero-order valence-corrected chi connectivity index (χ0v) is 7.73. The molecular weight excluding hydrogens is 198 g/mol. The number of hydroxylamine groups is 2. The minimum absolute atomic E-state index is 0.0941. The van der Waals surface area contributed by atoms with E-state index in [9.17, 15) is 14.4 Å². The van der Waals surface area contributed by atoms with Crippen LogP contribution >= 0.6 is 0 Å². The second-order valence-electron chi connectivity index (χ2n) is 3.04. The van der Waals surface area contributed by atoms with E-state index in [1.165, 1.54) is 6.08 Å². The first-order valence-electron chi connectivity index (χ1n) is 4.40. The molecule has 1 saturated heterocycles. The third-order valence-electron chi connectivity index (χ3n) is 2.00. The molecule has 0 spiro atoms. The molecule has 1 fully saturated rings. The molecule has 0 aromatic heterocycles. The number of hydrogen-bond donors (Lipinski definition) is 0. The van der Waals surface area contributed by atoms with Crippen LogP contribution in [0.25, 0.3) is 0 Å². The summed E-state index contributed by atoms with van der Waals surface area (Å²) in [5.74, 6) is -1.72. The lowest BCUT2D eigenvalue weighted by Crippen LogP contribution is -2.32. The topological polar surface area (TPSA) is 63.7 Å². The molecule has 0 unspecified atom stereocenters. The maximum Gasteiger partial charge on any atom is 0.371 e. The number of amides is 2. The average Bonchev–Trinajstić information content (AvgIpc) is 2.82. The summed E-state index contributed by atoms with van der Waals surface area (Å²) in [6.07, 6.45) is 4.84. The van der Waals surface area contributed by atoms with Gasteiger partial charge in [0.05, 0.1) is 0 Å². The van der Waals surface area contributed by atoms with Gasteiger partial charge in [-0.15, -0.1) is 10.8 Å². The van der Waals surface area contributed by atoms with Crippen LogP contribution in [-0.2, 0) is 19.2 Å². The molecule has 0 radical (unpaired) electrons. The molecule has 15 heavy (non-hydrogen) atoms. The van der Waals surface area contributed by atoms with Crippen LogP contribution in [0.4, 0.5) is 0 Å². The van der Waals surface area contributed by atoms with Crippen molar-refractivity contribution in [2.75, 3.05) is 0 Å². The van der Waals surface area contributed by atoms with E-state index in [0.717, 1.165) is 0 Å². The Bertz CT molecular complexity index is 424. The highest BCUT2D eigenvalue weighted by Crippen LogP contribution is 2.14. The van der Waals surface area contributed by atoms with Crippen molar-refractivity contribution in [3.05, 3.63) is 29.5 Å². The van der Waals surface area contributed by atoms with Crippen LogP contribution in [0.2, 0.25) is 0 Å². The minimum Gasteiger partial charge on any atom is -0.324 e. The van der Waals surface area contributed by atoms with Crippen molar-refractivity contribution in [1.29, 1.82) is 0 Å². The number of allylic oxidation sites excluding steroid dienone is 1. The summed E-state index contributed by atoms with van der Waals surface area (Å²) in [4.78, 5) is 38.2. The van der Waals surface area contributed by atoms with E-state index in [0.29, 0.717) is 5.06 Å². The van der Waals surface area contributed by atoms with E-state index in [1.807, 2.05) is 0 Å². The molecule has 1 aliphatic heterocycles. The molecule has 1 heterocycles. The molecule has 0 aromatic rings. The van der Waals surface area contributed by atoms with Gasteiger partial charge in [-0.25, -0.2) is 4.79 Å². The van der Waals surface area contributed by atoms with Gasteiger partial charge >= 0.3 is 5.97 Å². The Hall–Kier alpha value is -2.13. The van der Waals surface area contributed by atoms with Crippen LogP contribution < -0.4 is 0 Å². The van der Waals surface area contributed by atoms with Crippen LogP contribution in [0.3, 0.4) is 0 Å². The van der Waals surface area contributed by atoms with Gasteiger partial charge in [0.25, 0.3) is 11.8 Å².